The van der Waals surface area contributed by atoms with Crippen LogP contribution in [0.15, 0.2) is 0 Å². The number of hydrogen-bond acceptors (Lipinski definition) is 2. The van der Waals surface area contributed by atoms with Crippen LogP contribution in [-0.4, -0.2) is 19.8 Å². The molecule has 0 rings (SSSR count). The zero-order valence-electron chi connectivity index (χ0n) is 7.97. The molecule has 0 amide bonds. The third-order valence-corrected chi connectivity index (χ3v) is 1.90. The largest absolute Gasteiger partial charge is 0.380 e. The van der Waals surface area contributed by atoms with Crippen molar-refractivity contribution in [2.45, 2.75) is 39.2 Å². The highest BCUT2D eigenvalue weighted by Gasteiger charge is 2.03. The molecule has 0 aromatic rings. The van der Waals surface area contributed by atoms with E-state index in [1.165, 1.54) is 12.8 Å². The molecule has 0 heterocycles. The molecule has 0 aromatic heterocycles. The highest BCUT2D eigenvalue weighted by Crippen LogP contribution is 2.09. The van der Waals surface area contributed by atoms with Gasteiger partial charge in [0.2, 0.25) is 0 Å². The van der Waals surface area contributed by atoms with Gasteiger partial charge in [0, 0.05) is 13.7 Å². The molecule has 2 nitrogen and oxygen atoms in total. The molecule has 68 valence electrons. The van der Waals surface area contributed by atoms with Gasteiger partial charge in [-0.3, -0.25) is 0 Å². The highest BCUT2D eigenvalue weighted by molar-refractivity contribution is 4.58. The number of ether oxygens (including phenoxy) is 1. The number of rotatable bonds is 6. The Kier molecular flexibility index (Phi) is 6.57. The van der Waals surface area contributed by atoms with Gasteiger partial charge in [-0.1, -0.05) is 26.7 Å². The maximum atomic E-state index is 5.48. The summed E-state index contributed by atoms with van der Waals surface area (Å²) in [5.41, 5.74) is 5.48. The minimum atomic E-state index is 0.272. The van der Waals surface area contributed by atoms with Crippen molar-refractivity contribution in [3.05, 3.63) is 0 Å². The van der Waals surface area contributed by atoms with E-state index in [0.29, 0.717) is 6.54 Å². The van der Waals surface area contributed by atoms with Gasteiger partial charge in [0.05, 0.1) is 6.10 Å². The van der Waals surface area contributed by atoms with Crippen molar-refractivity contribution in [2.75, 3.05) is 13.7 Å². The summed E-state index contributed by atoms with van der Waals surface area (Å²) >= 11 is 0. The monoisotopic (exact) mass is 159 g/mol. The van der Waals surface area contributed by atoms with Crippen molar-refractivity contribution in [1.82, 2.24) is 0 Å². The summed E-state index contributed by atoms with van der Waals surface area (Å²) in [5, 5.41) is 0. The summed E-state index contributed by atoms with van der Waals surface area (Å²) in [5.74, 6) is 0.797. The minimum absolute atomic E-state index is 0.272. The van der Waals surface area contributed by atoms with Gasteiger partial charge in [0.15, 0.2) is 0 Å². The van der Waals surface area contributed by atoms with Crippen molar-refractivity contribution < 1.29 is 4.74 Å². The van der Waals surface area contributed by atoms with E-state index in [-0.39, 0.29) is 6.10 Å². The smallest absolute Gasteiger partial charge is 0.0693 e. The van der Waals surface area contributed by atoms with Crippen molar-refractivity contribution >= 4 is 0 Å². The van der Waals surface area contributed by atoms with Gasteiger partial charge in [-0.25, -0.2) is 0 Å². The third kappa shape index (κ3) is 6.32. The Hall–Kier alpha value is -0.0800. The van der Waals surface area contributed by atoms with Crippen molar-refractivity contribution in [3.63, 3.8) is 0 Å². The number of nitrogens with two attached hydrogens (primary N) is 1. The number of methoxy groups -OCH3 is 1. The zero-order chi connectivity index (χ0) is 8.69. The van der Waals surface area contributed by atoms with Crippen LogP contribution < -0.4 is 5.73 Å². The first-order valence-electron chi connectivity index (χ1n) is 4.43. The van der Waals surface area contributed by atoms with Crippen molar-refractivity contribution in [2.24, 2.45) is 11.7 Å². The van der Waals surface area contributed by atoms with Crippen LogP contribution in [0.2, 0.25) is 0 Å². The summed E-state index contributed by atoms with van der Waals surface area (Å²) in [6.07, 6.45) is 3.88. The Morgan fingerprint density at radius 3 is 2.27 bits per heavy atom. The van der Waals surface area contributed by atoms with Gasteiger partial charge in [0.25, 0.3) is 0 Å². The summed E-state index contributed by atoms with van der Waals surface area (Å²) in [4.78, 5) is 0. The molecule has 0 saturated carbocycles. The van der Waals surface area contributed by atoms with Crippen molar-refractivity contribution in [1.29, 1.82) is 0 Å². The van der Waals surface area contributed by atoms with Crippen LogP contribution in [-0.2, 0) is 4.74 Å². The van der Waals surface area contributed by atoms with Crippen LogP contribution in [0.5, 0.6) is 0 Å². The maximum absolute atomic E-state index is 5.48. The molecule has 1 unspecified atom stereocenters. The SMILES string of the molecule is COC(CN)CCCC(C)C. The lowest BCUT2D eigenvalue weighted by molar-refractivity contribution is 0.0989. The molecule has 0 fully saturated rings. The molecule has 0 spiro atoms. The molecule has 11 heavy (non-hydrogen) atoms. The Labute approximate surface area is 70.1 Å². The molecule has 0 radical (unpaired) electrons. The lowest BCUT2D eigenvalue weighted by Gasteiger charge is -2.12. The summed E-state index contributed by atoms with van der Waals surface area (Å²) in [7, 11) is 1.73. The Bertz CT molecular complexity index is 79.6. The molecular formula is C9H21NO. The van der Waals surface area contributed by atoms with Crippen LogP contribution in [0.25, 0.3) is 0 Å². The van der Waals surface area contributed by atoms with Crippen LogP contribution in [0.4, 0.5) is 0 Å². The van der Waals surface area contributed by atoms with E-state index in [2.05, 4.69) is 13.8 Å². The molecular weight excluding hydrogens is 138 g/mol. The Morgan fingerprint density at radius 1 is 1.27 bits per heavy atom. The van der Waals surface area contributed by atoms with E-state index >= 15 is 0 Å². The van der Waals surface area contributed by atoms with Gasteiger partial charge >= 0.3 is 0 Å². The topological polar surface area (TPSA) is 35.2 Å². The van der Waals surface area contributed by atoms with Gasteiger partial charge < -0.3 is 10.5 Å². The molecule has 0 saturated heterocycles. The molecule has 2 N–H and O–H groups in total. The summed E-state index contributed by atoms with van der Waals surface area (Å²) < 4.78 is 5.16. The van der Waals surface area contributed by atoms with E-state index in [0.717, 1.165) is 12.3 Å². The molecule has 0 aliphatic rings. The van der Waals surface area contributed by atoms with Crippen LogP contribution >= 0.6 is 0 Å². The fourth-order valence-electron chi connectivity index (χ4n) is 1.09. The van der Waals surface area contributed by atoms with Crippen molar-refractivity contribution in [3.8, 4) is 0 Å². The standard InChI is InChI=1S/C9H21NO/c1-8(2)5-4-6-9(7-10)11-3/h8-9H,4-7,10H2,1-3H3. The van der Waals surface area contributed by atoms with E-state index in [4.69, 9.17) is 10.5 Å². The summed E-state index contributed by atoms with van der Waals surface area (Å²) in [6.45, 7) is 5.13. The predicted molar refractivity (Wildman–Crippen MR) is 48.5 cm³/mol. The maximum Gasteiger partial charge on any atom is 0.0693 e. The second-order valence-corrected chi connectivity index (χ2v) is 3.42. The van der Waals surface area contributed by atoms with Crippen LogP contribution in [0.1, 0.15) is 33.1 Å². The fraction of sp³-hybridized carbons (Fsp3) is 1.00. The zero-order valence-corrected chi connectivity index (χ0v) is 7.97. The average Bonchev–Trinajstić information content (AvgIpc) is 1.98. The van der Waals surface area contributed by atoms with E-state index in [1.807, 2.05) is 0 Å². The van der Waals surface area contributed by atoms with Crippen LogP contribution in [0.3, 0.4) is 0 Å². The lowest BCUT2D eigenvalue weighted by Crippen LogP contribution is -2.22. The van der Waals surface area contributed by atoms with Gasteiger partial charge in [-0.15, -0.1) is 0 Å². The summed E-state index contributed by atoms with van der Waals surface area (Å²) in [6, 6.07) is 0. The molecule has 0 bridgehead atoms. The second kappa shape index (κ2) is 6.62. The lowest BCUT2D eigenvalue weighted by atomic mass is 10.0. The highest BCUT2D eigenvalue weighted by atomic mass is 16.5. The Balaban J connectivity index is 3.21. The Morgan fingerprint density at radius 2 is 1.91 bits per heavy atom. The van der Waals surface area contributed by atoms with Gasteiger partial charge in [-0.05, 0) is 12.3 Å². The first-order valence-corrected chi connectivity index (χ1v) is 4.43. The number of hydrogen-bond donors (Lipinski definition) is 1. The molecule has 0 aliphatic carbocycles. The fourth-order valence-corrected chi connectivity index (χ4v) is 1.09. The van der Waals surface area contributed by atoms with E-state index < -0.39 is 0 Å². The minimum Gasteiger partial charge on any atom is -0.380 e. The first-order chi connectivity index (χ1) is 5.20. The third-order valence-electron chi connectivity index (χ3n) is 1.90. The molecule has 0 aromatic carbocycles. The van der Waals surface area contributed by atoms with Gasteiger partial charge in [-0.2, -0.15) is 0 Å². The second-order valence-electron chi connectivity index (χ2n) is 3.42. The quantitative estimate of drug-likeness (QED) is 0.641. The van der Waals surface area contributed by atoms with E-state index in [1.54, 1.807) is 7.11 Å². The normalized spacial score (nSPS) is 13.9. The molecule has 0 aliphatic heterocycles. The average molecular weight is 159 g/mol. The van der Waals surface area contributed by atoms with Gasteiger partial charge in [0.1, 0.15) is 0 Å². The molecule has 2 heteroatoms. The van der Waals surface area contributed by atoms with E-state index in [9.17, 15) is 0 Å². The van der Waals surface area contributed by atoms with Crippen LogP contribution in [0, 0.1) is 5.92 Å². The first kappa shape index (κ1) is 10.9. The molecule has 1 atom stereocenters. The predicted octanol–water partition coefficient (Wildman–Crippen LogP) is 1.79.